The zero-order valence-corrected chi connectivity index (χ0v) is 9.35. The molecule has 2 aromatic rings. The fourth-order valence-electron chi connectivity index (χ4n) is 1.58. The molecule has 0 aliphatic carbocycles. The second-order valence-corrected chi connectivity index (χ2v) is 3.82. The highest BCUT2D eigenvalue weighted by atomic mass is 19.1. The van der Waals surface area contributed by atoms with Crippen LogP contribution in [0.3, 0.4) is 0 Å². The Morgan fingerprint density at radius 3 is 2.82 bits per heavy atom. The van der Waals surface area contributed by atoms with Gasteiger partial charge in [-0.25, -0.2) is 9.07 Å². The molecular weight excluding hydrogens is 221 g/mol. The molecule has 0 bridgehead atoms. The molecule has 0 amide bonds. The van der Waals surface area contributed by atoms with Crippen molar-refractivity contribution in [2.75, 3.05) is 5.73 Å². The summed E-state index contributed by atoms with van der Waals surface area (Å²) in [4.78, 5) is 11.5. The highest BCUT2D eigenvalue weighted by Crippen LogP contribution is 2.10. The van der Waals surface area contributed by atoms with Crippen LogP contribution in [-0.4, -0.2) is 9.78 Å². The van der Waals surface area contributed by atoms with Gasteiger partial charge in [-0.3, -0.25) is 4.79 Å². The van der Waals surface area contributed by atoms with Crippen LogP contribution in [0.25, 0.3) is 0 Å². The molecule has 0 unspecified atom stereocenters. The van der Waals surface area contributed by atoms with Gasteiger partial charge in [0.2, 0.25) is 0 Å². The highest BCUT2D eigenvalue weighted by Gasteiger charge is 2.04. The molecule has 5 heteroatoms. The highest BCUT2D eigenvalue weighted by molar-refractivity contribution is 5.28. The molecular formula is C12H12FN3O. The molecule has 1 aromatic heterocycles. The van der Waals surface area contributed by atoms with Gasteiger partial charge in [-0.15, -0.1) is 0 Å². The lowest BCUT2D eigenvalue weighted by Gasteiger charge is -2.07. The summed E-state index contributed by atoms with van der Waals surface area (Å²) in [6, 6.07) is 7.24. The number of benzene rings is 1. The van der Waals surface area contributed by atoms with E-state index >= 15 is 0 Å². The minimum atomic E-state index is -0.292. The van der Waals surface area contributed by atoms with Crippen LogP contribution in [0, 0.1) is 12.7 Å². The molecule has 0 aliphatic heterocycles. The van der Waals surface area contributed by atoms with Crippen molar-refractivity contribution in [3.8, 4) is 0 Å². The monoisotopic (exact) mass is 233 g/mol. The van der Waals surface area contributed by atoms with E-state index in [4.69, 9.17) is 5.73 Å². The number of rotatable bonds is 2. The third-order valence-electron chi connectivity index (χ3n) is 2.51. The van der Waals surface area contributed by atoms with Crippen LogP contribution in [0.5, 0.6) is 0 Å². The number of hydrogen-bond acceptors (Lipinski definition) is 3. The first-order chi connectivity index (χ1) is 8.06. The van der Waals surface area contributed by atoms with E-state index in [2.05, 4.69) is 5.10 Å². The number of aryl methyl sites for hydroxylation is 1. The molecule has 0 saturated heterocycles. The summed E-state index contributed by atoms with van der Waals surface area (Å²) in [5.74, 6) is -0.0107. The first kappa shape index (κ1) is 11.3. The smallest absolute Gasteiger partial charge is 0.267 e. The van der Waals surface area contributed by atoms with Crippen LogP contribution >= 0.6 is 0 Å². The van der Waals surface area contributed by atoms with Gasteiger partial charge in [0.05, 0.1) is 6.54 Å². The number of hydrogen-bond donors (Lipinski definition) is 1. The predicted molar refractivity (Wildman–Crippen MR) is 63.1 cm³/mol. The lowest BCUT2D eigenvalue weighted by Crippen LogP contribution is -2.23. The SMILES string of the molecule is Cc1cc(F)ccc1Cn1nc(N)ccc1=O. The van der Waals surface area contributed by atoms with Crippen molar-refractivity contribution >= 4 is 5.82 Å². The molecule has 1 heterocycles. The summed E-state index contributed by atoms with van der Waals surface area (Å²) in [5.41, 5.74) is 6.90. The molecule has 0 radical (unpaired) electrons. The van der Waals surface area contributed by atoms with Gasteiger partial charge in [0.15, 0.2) is 0 Å². The summed E-state index contributed by atoms with van der Waals surface area (Å²) in [6.07, 6.45) is 0. The largest absolute Gasteiger partial charge is 0.382 e. The number of anilines is 1. The van der Waals surface area contributed by atoms with Gasteiger partial charge in [0.1, 0.15) is 11.6 Å². The third kappa shape index (κ3) is 2.50. The quantitative estimate of drug-likeness (QED) is 0.851. The van der Waals surface area contributed by atoms with Gasteiger partial charge in [-0.2, -0.15) is 5.10 Å². The lowest BCUT2D eigenvalue weighted by molar-refractivity contribution is 0.617. The standard InChI is InChI=1S/C12H12FN3O/c1-8-6-10(13)3-2-9(8)7-16-12(17)5-4-11(14)15-16/h2-6H,7H2,1H3,(H2,14,15). The van der Waals surface area contributed by atoms with E-state index in [0.717, 1.165) is 11.1 Å². The molecule has 0 atom stereocenters. The fraction of sp³-hybridized carbons (Fsp3) is 0.167. The Morgan fingerprint density at radius 2 is 2.12 bits per heavy atom. The topological polar surface area (TPSA) is 60.9 Å². The summed E-state index contributed by atoms with van der Waals surface area (Å²) >= 11 is 0. The first-order valence-corrected chi connectivity index (χ1v) is 5.15. The van der Waals surface area contributed by atoms with E-state index in [1.54, 1.807) is 13.0 Å². The maximum absolute atomic E-state index is 12.9. The maximum atomic E-state index is 12.9. The zero-order chi connectivity index (χ0) is 12.4. The first-order valence-electron chi connectivity index (χ1n) is 5.15. The molecule has 0 spiro atoms. The fourth-order valence-corrected chi connectivity index (χ4v) is 1.58. The van der Waals surface area contributed by atoms with Gasteiger partial charge in [0, 0.05) is 6.07 Å². The van der Waals surface area contributed by atoms with E-state index in [9.17, 15) is 9.18 Å². The summed E-state index contributed by atoms with van der Waals surface area (Å²) in [7, 11) is 0. The Hall–Kier alpha value is -2.17. The Labute approximate surface area is 97.5 Å². The van der Waals surface area contributed by atoms with E-state index in [1.165, 1.54) is 28.9 Å². The number of nitrogens with zero attached hydrogens (tertiary/aromatic N) is 2. The van der Waals surface area contributed by atoms with E-state index in [-0.39, 0.29) is 23.7 Å². The molecule has 1 aromatic carbocycles. The van der Waals surface area contributed by atoms with Crippen molar-refractivity contribution in [1.82, 2.24) is 9.78 Å². The Bertz CT molecular complexity index is 607. The average Bonchev–Trinajstić information content (AvgIpc) is 2.27. The van der Waals surface area contributed by atoms with Crippen LogP contribution in [0.4, 0.5) is 10.2 Å². The zero-order valence-electron chi connectivity index (χ0n) is 9.35. The minimum absolute atomic E-state index is 0.233. The van der Waals surface area contributed by atoms with Gasteiger partial charge in [-0.1, -0.05) is 6.07 Å². The van der Waals surface area contributed by atoms with Crippen LogP contribution in [0.2, 0.25) is 0 Å². The lowest BCUT2D eigenvalue weighted by atomic mass is 10.1. The van der Waals surface area contributed by atoms with Crippen LogP contribution in [-0.2, 0) is 6.54 Å². The van der Waals surface area contributed by atoms with Gasteiger partial charge >= 0.3 is 0 Å². The molecule has 2 N–H and O–H groups in total. The second-order valence-electron chi connectivity index (χ2n) is 3.82. The predicted octanol–water partition coefficient (Wildman–Crippen LogP) is 1.32. The molecule has 88 valence electrons. The summed E-state index contributed by atoms with van der Waals surface area (Å²) in [5, 5.41) is 3.92. The van der Waals surface area contributed by atoms with E-state index < -0.39 is 0 Å². The third-order valence-corrected chi connectivity index (χ3v) is 2.51. The van der Waals surface area contributed by atoms with Crippen molar-refractivity contribution in [1.29, 1.82) is 0 Å². The molecule has 2 rings (SSSR count). The molecule has 17 heavy (non-hydrogen) atoms. The summed E-state index contributed by atoms with van der Waals surface area (Å²) < 4.78 is 14.2. The van der Waals surface area contributed by atoms with Crippen molar-refractivity contribution in [2.24, 2.45) is 0 Å². The Morgan fingerprint density at radius 1 is 1.35 bits per heavy atom. The molecule has 0 aliphatic rings. The number of nitrogen functional groups attached to an aromatic ring is 1. The molecule has 0 saturated carbocycles. The molecule has 4 nitrogen and oxygen atoms in total. The van der Waals surface area contributed by atoms with Gasteiger partial charge in [0.25, 0.3) is 5.56 Å². The Kier molecular flexibility index (Phi) is 2.91. The number of halogens is 1. The number of aromatic nitrogens is 2. The van der Waals surface area contributed by atoms with Crippen LogP contribution < -0.4 is 11.3 Å². The normalized spacial score (nSPS) is 10.5. The van der Waals surface area contributed by atoms with Crippen molar-refractivity contribution in [2.45, 2.75) is 13.5 Å². The Balaban J connectivity index is 2.38. The van der Waals surface area contributed by atoms with Crippen molar-refractivity contribution in [3.63, 3.8) is 0 Å². The van der Waals surface area contributed by atoms with Gasteiger partial charge in [-0.05, 0) is 36.2 Å². The van der Waals surface area contributed by atoms with Crippen molar-refractivity contribution in [3.05, 3.63) is 57.6 Å². The molecule has 0 fully saturated rings. The van der Waals surface area contributed by atoms with Crippen molar-refractivity contribution < 1.29 is 4.39 Å². The van der Waals surface area contributed by atoms with E-state index in [1.807, 2.05) is 0 Å². The van der Waals surface area contributed by atoms with E-state index in [0.29, 0.717) is 0 Å². The van der Waals surface area contributed by atoms with Crippen LogP contribution in [0.15, 0.2) is 35.1 Å². The maximum Gasteiger partial charge on any atom is 0.267 e. The summed E-state index contributed by atoms with van der Waals surface area (Å²) in [6.45, 7) is 2.08. The number of nitrogens with two attached hydrogens (primary N) is 1. The van der Waals surface area contributed by atoms with Gasteiger partial charge < -0.3 is 5.73 Å². The van der Waals surface area contributed by atoms with Crippen LogP contribution in [0.1, 0.15) is 11.1 Å². The second kappa shape index (κ2) is 4.37. The average molecular weight is 233 g/mol. The minimum Gasteiger partial charge on any atom is -0.382 e.